The predicted molar refractivity (Wildman–Crippen MR) is 84.5 cm³/mol. The van der Waals surface area contributed by atoms with E-state index in [4.69, 9.17) is 23.2 Å². The molecule has 21 heavy (non-hydrogen) atoms. The van der Waals surface area contributed by atoms with Crippen molar-refractivity contribution in [2.24, 2.45) is 0 Å². The minimum absolute atomic E-state index is 0.0373. The van der Waals surface area contributed by atoms with Crippen molar-refractivity contribution in [3.63, 3.8) is 0 Å². The summed E-state index contributed by atoms with van der Waals surface area (Å²) in [5, 5.41) is 9.95. The monoisotopic (exact) mass is 341 g/mol. The number of aromatic nitrogens is 3. The zero-order valence-electron chi connectivity index (χ0n) is 11.3. The third kappa shape index (κ3) is 3.25. The number of hydrogen-bond donors (Lipinski definition) is 0. The van der Waals surface area contributed by atoms with Crippen LogP contribution in [0.2, 0.25) is 10.0 Å². The molecule has 0 amide bonds. The fraction of sp³-hybridized carbons (Fsp3) is 0.357. The van der Waals surface area contributed by atoms with Crippen LogP contribution in [0.3, 0.4) is 0 Å². The van der Waals surface area contributed by atoms with Crippen molar-refractivity contribution in [2.75, 3.05) is 5.75 Å². The van der Waals surface area contributed by atoms with Gasteiger partial charge in [0.15, 0.2) is 10.9 Å². The van der Waals surface area contributed by atoms with Crippen LogP contribution in [-0.2, 0) is 0 Å². The van der Waals surface area contributed by atoms with Crippen LogP contribution in [-0.4, -0.2) is 26.3 Å². The number of hydrogen-bond acceptors (Lipinski definition) is 4. The number of nitrogens with zero attached hydrogens (tertiary/aromatic N) is 3. The lowest BCUT2D eigenvalue weighted by Crippen LogP contribution is -2.05. The van der Waals surface area contributed by atoms with Crippen LogP contribution < -0.4 is 0 Å². The number of benzene rings is 1. The van der Waals surface area contributed by atoms with Crippen molar-refractivity contribution in [1.29, 1.82) is 0 Å². The molecule has 1 fully saturated rings. The summed E-state index contributed by atoms with van der Waals surface area (Å²) >= 11 is 13.3. The van der Waals surface area contributed by atoms with E-state index in [9.17, 15) is 4.79 Å². The third-order valence-electron chi connectivity index (χ3n) is 3.31. The smallest absolute Gasteiger partial charge is 0.191 e. The molecule has 7 heteroatoms. The Kier molecular flexibility index (Phi) is 4.24. The number of Topliss-reactive ketones (excluding diaryl/α,β-unsaturated/α-hetero) is 1. The lowest BCUT2D eigenvalue weighted by Gasteiger charge is -2.06. The Morgan fingerprint density at radius 1 is 1.38 bits per heavy atom. The molecule has 0 radical (unpaired) electrons. The predicted octanol–water partition coefficient (Wildman–Crippen LogP) is 4.20. The SMILES string of the molecule is Cc1nnc(SCC(=O)c2ccc(Cl)cc2Cl)n1C1CC1. The van der Waals surface area contributed by atoms with Gasteiger partial charge in [0.25, 0.3) is 0 Å². The summed E-state index contributed by atoms with van der Waals surface area (Å²) in [5.41, 5.74) is 0.489. The lowest BCUT2D eigenvalue weighted by atomic mass is 10.1. The molecule has 0 saturated heterocycles. The molecule has 0 bridgehead atoms. The number of carbonyl (C=O) groups excluding carboxylic acids is 1. The van der Waals surface area contributed by atoms with E-state index in [2.05, 4.69) is 14.8 Å². The number of halogens is 2. The van der Waals surface area contributed by atoms with Crippen molar-refractivity contribution >= 4 is 40.7 Å². The molecule has 1 heterocycles. The maximum absolute atomic E-state index is 12.2. The number of aryl methyl sites for hydroxylation is 1. The largest absolute Gasteiger partial charge is 0.303 e. The van der Waals surface area contributed by atoms with Gasteiger partial charge in [0.05, 0.1) is 10.8 Å². The van der Waals surface area contributed by atoms with Gasteiger partial charge in [-0.05, 0) is 38.0 Å². The van der Waals surface area contributed by atoms with E-state index in [0.717, 1.165) is 23.8 Å². The zero-order valence-corrected chi connectivity index (χ0v) is 13.7. The van der Waals surface area contributed by atoms with Crippen LogP contribution in [0.15, 0.2) is 23.4 Å². The molecule has 1 aliphatic carbocycles. The van der Waals surface area contributed by atoms with E-state index in [1.54, 1.807) is 18.2 Å². The van der Waals surface area contributed by atoms with E-state index < -0.39 is 0 Å². The average molecular weight is 342 g/mol. The Balaban J connectivity index is 1.71. The average Bonchev–Trinajstić information content (AvgIpc) is 3.20. The molecule has 0 N–H and O–H groups in total. The van der Waals surface area contributed by atoms with Gasteiger partial charge in [0, 0.05) is 16.6 Å². The molecular weight excluding hydrogens is 329 g/mol. The molecule has 1 saturated carbocycles. The van der Waals surface area contributed by atoms with Gasteiger partial charge in [-0.3, -0.25) is 4.79 Å². The summed E-state index contributed by atoms with van der Waals surface area (Å²) < 4.78 is 2.11. The Bertz CT molecular complexity index is 698. The molecule has 0 atom stereocenters. The van der Waals surface area contributed by atoms with Gasteiger partial charge in [-0.2, -0.15) is 0 Å². The maximum Gasteiger partial charge on any atom is 0.191 e. The summed E-state index contributed by atoms with van der Waals surface area (Å²) in [6.07, 6.45) is 2.31. The van der Waals surface area contributed by atoms with E-state index in [1.807, 2.05) is 6.92 Å². The minimum atomic E-state index is -0.0373. The molecular formula is C14H13Cl2N3OS. The van der Waals surface area contributed by atoms with E-state index in [1.165, 1.54) is 11.8 Å². The third-order valence-corrected chi connectivity index (χ3v) is 4.80. The number of thioether (sulfide) groups is 1. The molecule has 1 aliphatic rings. The molecule has 110 valence electrons. The first-order valence-electron chi connectivity index (χ1n) is 6.59. The highest BCUT2D eigenvalue weighted by molar-refractivity contribution is 7.99. The van der Waals surface area contributed by atoms with Crippen molar-refractivity contribution in [1.82, 2.24) is 14.8 Å². The Labute approximate surface area is 136 Å². The normalized spacial score (nSPS) is 14.4. The van der Waals surface area contributed by atoms with Gasteiger partial charge in [0.1, 0.15) is 5.82 Å². The van der Waals surface area contributed by atoms with E-state index >= 15 is 0 Å². The zero-order chi connectivity index (χ0) is 15.0. The van der Waals surface area contributed by atoms with E-state index in [-0.39, 0.29) is 11.5 Å². The quantitative estimate of drug-likeness (QED) is 0.603. The summed E-state index contributed by atoms with van der Waals surface area (Å²) in [5.74, 6) is 1.15. The Hall–Kier alpha value is -1.04. The van der Waals surface area contributed by atoms with Crippen LogP contribution in [0.5, 0.6) is 0 Å². The molecule has 2 aromatic rings. The highest BCUT2D eigenvalue weighted by atomic mass is 35.5. The highest BCUT2D eigenvalue weighted by Gasteiger charge is 2.28. The van der Waals surface area contributed by atoms with Crippen molar-refractivity contribution in [3.8, 4) is 0 Å². The van der Waals surface area contributed by atoms with Gasteiger partial charge in [0.2, 0.25) is 0 Å². The van der Waals surface area contributed by atoms with Crippen molar-refractivity contribution in [3.05, 3.63) is 39.6 Å². The molecule has 1 aromatic heterocycles. The molecule has 0 spiro atoms. The van der Waals surface area contributed by atoms with Crippen LogP contribution >= 0.6 is 35.0 Å². The van der Waals surface area contributed by atoms with Crippen LogP contribution in [0.4, 0.5) is 0 Å². The number of ketones is 1. The standard InChI is InChI=1S/C14H13Cl2N3OS/c1-8-17-18-14(19(8)10-3-4-10)21-7-13(20)11-5-2-9(15)6-12(11)16/h2,5-6,10H,3-4,7H2,1H3. The number of rotatable bonds is 5. The summed E-state index contributed by atoms with van der Waals surface area (Å²) in [7, 11) is 0. The Morgan fingerprint density at radius 2 is 2.14 bits per heavy atom. The van der Waals surface area contributed by atoms with Gasteiger partial charge in [-0.1, -0.05) is 35.0 Å². The second kappa shape index (κ2) is 5.99. The fourth-order valence-electron chi connectivity index (χ4n) is 2.12. The van der Waals surface area contributed by atoms with Gasteiger partial charge < -0.3 is 4.57 Å². The molecule has 0 unspecified atom stereocenters. The van der Waals surface area contributed by atoms with Gasteiger partial charge >= 0.3 is 0 Å². The second-order valence-corrected chi connectivity index (χ2v) is 6.75. The van der Waals surface area contributed by atoms with Crippen molar-refractivity contribution < 1.29 is 4.79 Å². The minimum Gasteiger partial charge on any atom is -0.303 e. The van der Waals surface area contributed by atoms with Crippen LogP contribution in [0.25, 0.3) is 0 Å². The first-order chi connectivity index (χ1) is 10.1. The summed E-state index contributed by atoms with van der Waals surface area (Å²) in [6.45, 7) is 1.94. The van der Waals surface area contributed by atoms with Crippen LogP contribution in [0, 0.1) is 6.92 Å². The Morgan fingerprint density at radius 3 is 2.81 bits per heavy atom. The van der Waals surface area contributed by atoms with E-state index in [0.29, 0.717) is 21.7 Å². The summed E-state index contributed by atoms with van der Waals surface area (Å²) in [6, 6.07) is 5.40. The van der Waals surface area contributed by atoms with Gasteiger partial charge in [-0.25, -0.2) is 0 Å². The molecule has 4 nitrogen and oxygen atoms in total. The topological polar surface area (TPSA) is 47.8 Å². The van der Waals surface area contributed by atoms with Crippen LogP contribution in [0.1, 0.15) is 35.1 Å². The molecule has 1 aromatic carbocycles. The highest BCUT2D eigenvalue weighted by Crippen LogP contribution is 2.38. The second-order valence-electron chi connectivity index (χ2n) is 4.97. The number of carbonyl (C=O) groups is 1. The lowest BCUT2D eigenvalue weighted by molar-refractivity contribution is 0.102. The first kappa shape index (κ1) is 14.9. The summed E-state index contributed by atoms with van der Waals surface area (Å²) in [4.78, 5) is 12.2. The fourth-order valence-corrected chi connectivity index (χ4v) is 3.57. The first-order valence-corrected chi connectivity index (χ1v) is 8.33. The van der Waals surface area contributed by atoms with Gasteiger partial charge in [-0.15, -0.1) is 10.2 Å². The maximum atomic E-state index is 12.2. The molecule has 3 rings (SSSR count). The molecule has 0 aliphatic heterocycles. The van der Waals surface area contributed by atoms with Crippen molar-refractivity contribution in [2.45, 2.75) is 31.0 Å².